The summed E-state index contributed by atoms with van der Waals surface area (Å²) < 4.78 is 1.98. The average Bonchev–Trinajstić information content (AvgIpc) is 2.96. The fraction of sp³-hybridized carbons (Fsp3) is 0.333. The SMILES string of the molecule is O=C(O)C1CCc2nc(-c3cccs3)cn2C1. The molecule has 0 saturated carbocycles. The minimum Gasteiger partial charge on any atom is -0.481 e. The van der Waals surface area contributed by atoms with Gasteiger partial charge in [-0.15, -0.1) is 11.3 Å². The van der Waals surface area contributed by atoms with Gasteiger partial charge < -0.3 is 9.67 Å². The molecule has 17 heavy (non-hydrogen) atoms. The van der Waals surface area contributed by atoms with Crippen LogP contribution in [0.1, 0.15) is 12.2 Å². The largest absolute Gasteiger partial charge is 0.481 e. The highest BCUT2D eigenvalue weighted by Gasteiger charge is 2.25. The number of nitrogens with zero attached hydrogens (tertiary/aromatic N) is 2. The second-order valence-electron chi connectivity index (χ2n) is 4.25. The van der Waals surface area contributed by atoms with Crippen LogP contribution in [-0.2, 0) is 17.8 Å². The van der Waals surface area contributed by atoms with Crippen LogP contribution in [0.5, 0.6) is 0 Å². The lowest BCUT2D eigenvalue weighted by molar-refractivity contribution is -0.142. The zero-order valence-electron chi connectivity index (χ0n) is 9.17. The van der Waals surface area contributed by atoms with Crippen LogP contribution in [0.3, 0.4) is 0 Å². The fourth-order valence-corrected chi connectivity index (χ4v) is 2.87. The first kappa shape index (κ1) is 10.5. The maximum atomic E-state index is 11.0. The van der Waals surface area contributed by atoms with E-state index in [4.69, 9.17) is 5.11 Å². The van der Waals surface area contributed by atoms with Crippen molar-refractivity contribution in [1.82, 2.24) is 9.55 Å². The maximum absolute atomic E-state index is 11.0. The number of thiophene rings is 1. The van der Waals surface area contributed by atoms with E-state index in [9.17, 15) is 4.79 Å². The molecule has 2 aromatic heterocycles. The van der Waals surface area contributed by atoms with Gasteiger partial charge in [0.25, 0.3) is 0 Å². The van der Waals surface area contributed by atoms with Crippen molar-refractivity contribution < 1.29 is 9.90 Å². The predicted octanol–water partition coefficient (Wildman–Crippen LogP) is 2.26. The molecular weight excluding hydrogens is 236 g/mol. The van der Waals surface area contributed by atoms with Gasteiger partial charge in [-0.1, -0.05) is 6.07 Å². The average molecular weight is 248 g/mol. The van der Waals surface area contributed by atoms with Crippen molar-refractivity contribution in [2.24, 2.45) is 5.92 Å². The van der Waals surface area contributed by atoms with Gasteiger partial charge in [0.15, 0.2) is 0 Å². The Bertz CT molecular complexity index is 545. The molecule has 0 spiro atoms. The van der Waals surface area contributed by atoms with E-state index in [1.807, 2.05) is 28.3 Å². The molecule has 4 nitrogen and oxygen atoms in total. The maximum Gasteiger partial charge on any atom is 0.308 e. The van der Waals surface area contributed by atoms with Gasteiger partial charge in [0, 0.05) is 19.2 Å². The summed E-state index contributed by atoms with van der Waals surface area (Å²) in [7, 11) is 0. The molecule has 0 saturated heterocycles. The molecule has 88 valence electrons. The lowest BCUT2D eigenvalue weighted by Gasteiger charge is -2.19. The van der Waals surface area contributed by atoms with Crippen molar-refractivity contribution in [3.05, 3.63) is 29.5 Å². The summed E-state index contributed by atoms with van der Waals surface area (Å²) in [6.07, 6.45) is 3.41. The molecule has 1 N–H and O–H groups in total. The van der Waals surface area contributed by atoms with Crippen molar-refractivity contribution in [2.45, 2.75) is 19.4 Å². The third-order valence-corrected chi connectivity index (χ3v) is 4.01. The number of hydrogen-bond acceptors (Lipinski definition) is 3. The first-order valence-electron chi connectivity index (χ1n) is 5.57. The number of fused-ring (bicyclic) bond motifs is 1. The molecule has 0 aliphatic carbocycles. The monoisotopic (exact) mass is 248 g/mol. The highest BCUT2D eigenvalue weighted by molar-refractivity contribution is 7.13. The summed E-state index contributed by atoms with van der Waals surface area (Å²) in [6.45, 7) is 0.545. The molecule has 0 amide bonds. The van der Waals surface area contributed by atoms with Crippen molar-refractivity contribution in [3.8, 4) is 10.6 Å². The van der Waals surface area contributed by atoms with Gasteiger partial charge in [0.2, 0.25) is 0 Å². The summed E-state index contributed by atoms with van der Waals surface area (Å²) in [5.41, 5.74) is 0.959. The molecule has 1 aliphatic heterocycles. The van der Waals surface area contributed by atoms with Gasteiger partial charge in [0.05, 0.1) is 16.5 Å². The van der Waals surface area contributed by atoms with Gasteiger partial charge in [-0.2, -0.15) is 0 Å². The highest BCUT2D eigenvalue weighted by atomic mass is 32.1. The summed E-state index contributed by atoms with van der Waals surface area (Å²) >= 11 is 1.65. The number of imidazole rings is 1. The van der Waals surface area contributed by atoms with Gasteiger partial charge in [0.1, 0.15) is 5.82 Å². The third kappa shape index (κ3) is 1.86. The van der Waals surface area contributed by atoms with E-state index in [1.54, 1.807) is 11.3 Å². The molecule has 3 rings (SSSR count). The van der Waals surface area contributed by atoms with Crippen LogP contribution in [0.2, 0.25) is 0 Å². The van der Waals surface area contributed by atoms with E-state index in [-0.39, 0.29) is 5.92 Å². The lowest BCUT2D eigenvalue weighted by Crippen LogP contribution is -2.26. The van der Waals surface area contributed by atoms with E-state index >= 15 is 0 Å². The van der Waals surface area contributed by atoms with Crippen LogP contribution >= 0.6 is 11.3 Å². The summed E-state index contributed by atoms with van der Waals surface area (Å²) in [5, 5.41) is 11.0. The normalized spacial score (nSPS) is 18.9. The third-order valence-electron chi connectivity index (χ3n) is 3.12. The molecule has 0 radical (unpaired) electrons. The highest BCUT2D eigenvalue weighted by Crippen LogP contribution is 2.27. The Morgan fingerprint density at radius 2 is 2.47 bits per heavy atom. The van der Waals surface area contributed by atoms with E-state index < -0.39 is 5.97 Å². The van der Waals surface area contributed by atoms with E-state index in [0.717, 1.165) is 22.8 Å². The summed E-state index contributed by atoms with van der Waals surface area (Å²) in [6, 6.07) is 4.03. The molecule has 1 atom stereocenters. The first-order chi connectivity index (χ1) is 8.24. The van der Waals surface area contributed by atoms with Crippen molar-refractivity contribution in [3.63, 3.8) is 0 Å². The smallest absolute Gasteiger partial charge is 0.308 e. The molecule has 0 fully saturated rings. The second-order valence-corrected chi connectivity index (χ2v) is 5.19. The van der Waals surface area contributed by atoms with Crippen LogP contribution in [0.15, 0.2) is 23.7 Å². The Morgan fingerprint density at radius 1 is 1.59 bits per heavy atom. The van der Waals surface area contributed by atoms with Crippen LogP contribution in [-0.4, -0.2) is 20.6 Å². The van der Waals surface area contributed by atoms with E-state index in [1.165, 1.54) is 0 Å². The van der Waals surface area contributed by atoms with Crippen LogP contribution in [0.25, 0.3) is 10.6 Å². The number of carboxylic acid groups (broad SMARTS) is 1. The zero-order valence-corrected chi connectivity index (χ0v) is 9.98. The molecule has 1 aliphatic rings. The minimum atomic E-state index is -0.706. The summed E-state index contributed by atoms with van der Waals surface area (Å²) in [4.78, 5) is 16.7. The summed E-state index contributed by atoms with van der Waals surface area (Å²) in [5.74, 6) is 0.0285. The van der Waals surface area contributed by atoms with Crippen LogP contribution in [0.4, 0.5) is 0 Å². The minimum absolute atomic E-state index is 0.270. The Balaban J connectivity index is 1.92. The number of aromatic nitrogens is 2. The quantitative estimate of drug-likeness (QED) is 0.887. The van der Waals surface area contributed by atoms with Crippen molar-refractivity contribution in [1.29, 1.82) is 0 Å². The Labute approximate surface area is 103 Å². The van der Waals surface area contributed by atoms with Gasteiger partial charge in [-0.05, 0) is 17.9 Å². The van der Waals surface area contributed by atoms with Gasteiger partial charge in [-0.25, -0.2) is 4.98 Å². The number of aryl methyl sites for hydroxylation is 1. The molecule has 5 heteroatoms. The second kappa shape index (κ2) is 4.00. The van der Waals surface area contributed by atoms with E-state index in [2.05, 4.69) is 4.98 Å². The standard InChI is InChI=1S/C12H12N2O2S/c15-12(16)8-3-4-11-13-9(7-14(11)6-8)10-2-1-5-17-10/h1-2,5,7-8H,3-4,6H2,(H,15,16). The topological polar surface area (TPSA) is 55.1 Å². The Kier molecular flexibility index (Phi) is 2.48. The molecule has 2 aromatic rings. The first-order valence-corrected chi connectivity index (χ1v) is 6.45. The molecule has 3 heterocycles. The molecular formula is C12H12N2O2S. The van der Waals surface area contributed by atoms with Gasteiger partial charge in [-0.3, -0.25) is 4.79 Å². The molecule has 0 bridgehead atoms. The predicted molar refractivity (Wildman–Crippen MR) is 65.0 cm³/mol. The Hall–Kier alpha value is -1.62. The van der Waals surface area contributed by atoms with Crippen LogP contribution < -0.4 is 0 Å². The van der Waals surface area contributed by atoms with Gasteiger partial charge >= 0.3 is 5.97 Å². The Morgan fingerprint density at radius 3 is 3.18 bits per heavy atom. The zero-order chi connectivity index (χ0) is 11.8. The lowest BCUT2D eigenvalue weighted by atomic mass is 10.00. The van der Waals surface area contributed by atoms with Crippen molar-refractivity contribution >= 4 is 17.3 Å². The molecule has 0 aromatic carbocycles. The molecule has 1 unspecified atom stereocenters. The van der Waals surface area contributed by atoms with Crippen LogP contribution in [0, 0.1) is 5.92 Å². The number of rotatable bonds is 2. The van der Waals surface area contributed by atoms with Crippen molar-refractivity contribution in [2.75, 3.05) is 0 Å². The number of hydrogen-bond donors (Lipinski definition) is 1. The van der Waals surface area contributed by atoms with E-state index in [0.29, 0.717) is 13.0 Å². The fourth-order valence-electron chi connectivity index (χ4n) is 2.19. The number of aliphatic carboxylic acids is 1. The number of carbonyl (C=O) groups is 1. The number of carboxylic acids is 1.